The number of nitrogens with zero attached hydrogens (tertiary/aromatic N) is 2. The number of nitrogens with one attached hydrogen (secondary N) is 1. The van der Waals surface area contributed by atoms with Crippen LogP contribution in [0.4, 0.5) is 11.5 Å². The van der Waals surface area contributed by atoms with Crippen LogP contribution in [0.25, 0.3) is 0 Å². The maximum Gasteiger partial charge on any atom is 0.147 e. The molecule has 1 aliphatic heterocycles. The van der Waals surface area contributed by atoms with E-state index in [2.05, 4.69) is 52.5 Å². The van der Waals surface area contributed by atoms with Crippen molar-refractivity contribution in [3.8, 4) is 0 Å². The molecule has 2 aromatic rings. The maximum atomic E-state index is 6.09. The van der Waals surface area contributed by atoms with Gasteiger partial charge in [0.25, 0.3) is 0 Å². The molecule has 0 unspecified atom stereocenters. The second kappa shape index (κ2) is 9.72. The van der Waals surface area contributed by atoms with E-state index in [1.807, 2.05) is 6.92 Å². The van der Waals surface area contributed by atoms with Crippen molar-refractivity contribution in [1.82, 2.24) is 9.88 Å². The number of aromatic nitrogens is 1. The quantitative estimate of drug-likeness (QED) is 0.697. The lowest BCUT2D eigenvalue weighted by molar-refractivity contribution is 0.0342. The van der Waals surface area contributed by atoms with Crippen LogP contribution in [0.2, 0.25) is 0 Å². The Labute approximate surface area is 162 Å². The minimum Gasteiger partial charge on any atom is -0.382 e. The first-order valence-electron chi connectivity index (χ1n) is 10.0. The lowest BCUT2D eigenvalue weighted by Gasteiger charge is -2.26. The van der Waals surface area contributed by atoms with Gasteiger partial charge in [-0.3, -0.25) is 4.90 Å². The van der Waals surface area contributed by atoms with Crippen molar-refractivity contribution in [3.05, 3.63) is 52.7 Å². The zero-order chi connectivity index (χ0) is 19.1. The molecular weight excluding hydrogens is 336 g/mol. The summed E-state index contributed by atoms with van der Waals surface area (Å²) in [5.41, 5.74) is 11.9. The highest BCUT2D eigenvalue weighted by Gasteiger charge is 2.11. The predicted molar refractivity (Wildman–Crippen MR) is 112 cm³/mol. The molecule has 1 aromatic carbocycles. The van der Waals surface area contributed by atoms with E-state index >= 15 is 0 Å². The first kappa shape index (κ1) is 19.6. The largest absolute Gasteiger partial charge is 0.382 e. The van der Waals surface area contributed by atoms with Crippen LogP contribution in [-0.2, 0) is 17.7 Å². The van der Waals surface area contributed by atoms with Gasteiger partial charge >= 0.3 is 0 Å². The lowest BCUT2D eigenvalue weighted by atomic mass is 10.0. The number of hydrogen-bond acceptors (Lipinski definition) is 5. The highest BCUT2D eigenvalue weighted by atomic mass is 16.5. The highest BCUT2D eigenvalue weighted by Crippen LogP contribution is 2.23. The van der Waals surface area contributed by atoms with Gasteiger partial charge in [-0.05, 0) is 42.5 Å². The van der Waals surface area contributed by atoms with Crippen LogP contribution in [0.15, 0.2) is 30.3 Å². The van der Waals surface area contributed by atoms with Gasteiger partial charge in [0.15, 0.2) is 0 Å². The molecule has 146 valence electrons. The van der Waals surface area contributed by atoms with Gasteiger partial charge in [0.1, 0.15) is 5.82 Å². The number of aryl methyl sites for hydroxylation is 1. The molecule has 0 amide bonds. The molecule has 0 atom stereocenters. The molecule has 27 heavy (non-hydrogen) atoms. The topological polar surface area (TPSA) is 63.4 Å². The Morgan fingerprint density at radius 2 is 1.85 bits per heavy atom. The van der Waals surface area contributed by atoms with Crippen molar-refractivity contribution < 1.29 is 4.74 Å². The summed E-state index contributed by atoms with van der Waals surface area (Å²) in [5, 5.41) is 3.42. The fraction of sp³-hybridized carbons (Fsp3) is 0.500. The Morgan fingerprint density at radius 3 is 2.56 bits per heavy atom. The molecule has 3 N–H and O–H groups in total. The molecule has 0 spiro atoms. The van der Waals surface area contributed by atoms with E-state index in [0.717, 1.165) is 70.0 Å². The minimum atomic E-state index is 0.591. The average molecular weight is 369 g/mol. The van der Waals surface area contributed by atoms with E-state index in [4.69, 9.17) is 10.5 Å². The second-order valence-electron chi connectivity index (χ2n) is 7.33. The fourth-order valence-electron chi connectivity index (χ4n) is 3.39. The van der Waals surface area contributed by atoms with Crippen molar-refractivity contribution in [2.75, 3.05) is 43.9 Å². The van der Waals surface area contributed by atoms with Crippen LogP contribution in [0, 0.1) is 6.92 Å². The third-order valence-electron chi connectivity index (χ3n) is 5.12. The van der Waals surface area contributed by atoms with Gasteiger partial charge < -0.3 is 15.8 Å². The number of ether oxygens (including phenoxy) is 1. The SMILES string of the molecule is CCCCNc1cc(Cc2ccc(CN3CCOCC3)cc2)c(C)nc1N. The maximum absolute atomic E-state index is 6.09. The number of nitrogen functional groups attached to an aromatic ring is 1. The van der Waals surface area contributed by atoms with Gasteiger partial charge in [-0.2, -0.15) is 0 Å². The molecule has 0 saturated carbocycles. The van der Waals surface area contributed by atoms with Gasteiger partial charge in [0.2, 0.25) is 0 Å². The molecule has 1 fully saturated rings. The summed E-state index contributed by atoms with van der Waals surface area (Å²) < 4.78 is 5.42. The monoisotopic (exact) mass is 368 g/mol. The van der Waals surface area contributed by atoms with Gasteiger partial charge in [0.05, 0.1) is 18.9 Å². The number of pyridine rings is 1. The van der Waals surface area contributed by atoms with Crippen molar-refractivity contribution >= 4 is 11.5 Å². The summed E-state index contributed by atoms with van der Waals surface area (Å²) in [7, 11) is 0. The zero-order valence-electron chi connectivity index (χ0n) is 16.6. The summed E-state index contributed by atoms with van der Waals surface area (Å²) in [6, 6.07) is 11.1. The number of morpholine rings is 1. The zero-order valence-corrected chi connectivity index (χ0v) is 16.6. The number of hydrogen-bond donors (Lipinski definition) is 2. The average Bonchev–Trinajstić information content (AvgIpc) is 2.68. The minimum absolute atomic E-state index is 0.591. The van der Waals surface area contributed by atoms with E-state index in [-0.39, 0.29) is 0 Å². The van der Waals surface area contributed by atoms with Crippen molar-refractivity contribution in [1.29, 1.82) is 0 Å². The summed E-state index contributed by atoms with van der Waals surface area (Å²) in [4.78, 5) is 6.99. The molecule has 1 aromatic heterocycles. The highest BCUT2D eigenvalue weighted by molar-refractivity contribution is 5.63. The van der Waals surface area contributed by atoms with Gasteiger partial charge in [-0.25, -0.2) is 4.98 Å². The third kappa shape index (κ3) is 5.68. The van der Waals surface area contributed by atoms with E-state index in [0.29, 0.717) is 5.82 Å². The van der Waals surface area contributed by atoms with E-state index < -0.39 is 0 Å². The molecule has 1 saturated heterocycles. The van der Waals surface area contributed by atoms with E-state index in [9.17, 15) is 0 Å². The Bertz CT molecular complexity index is 724. The van der Waals surface area contributed by atoms with Crippen LogP contribution in [-0.4, -0.2) is 42.7 Å². The molecule has 5 nitrogen and oxygen atoms in total. The summed E-state index contributed by atoms with van der Waals surface area (Å²) in [5.74, 6) is 0.591. The number of unbranched alkanes of at least 4 members (excludes halogenated alkanes) is 1. The summed E-state index contributed by atoms with van der Waals surface area (Å²) in [6.07, 6.45) is 3.17. The molecule has 2 heterocycles. The normalized spacial score (nSPS) is 15.0. The summed E-state index contributed by atoms with van der Waals surface area (Å²) in [6.45, 7) is 9.88. The summed E-state index contributed by atoms with van der Waals surface area (Å²) >= 11 is 0. The number of nitrogens with two attached hydrogens (primary N) is 1. The van der Waals surface area contributed by atoms with Crippen LogP contribution < -0.4 is 11.1 Å². The Kier molecular flexibility index (Phi) is 7.07. The molecule has 1 aliphatic rings. The van der Waals surface area contributed by atoms with Gasteiger partial charge in [-0.15, -0.1) is 0 Å². The molecule has 5 heteroatoms. The predicted octanol–water partition coefficient (Wildman–Crippen LogP) is 3.61. The van der Waals surface area contributed by atoms with Gasteiger partial charge in [-0.1, -0.05) is 37.6 Å². The fourth-order valence-corrected chi connectivity index (χ4v) is 3.39. The third-order valence-corrected chi connectivity index (χ3v) is 5.12. The van der Waals surface area contributed by atoms with Crippen LogP contribution in [0.1, 0.15) is 42.1 Å². The lowest BCUT2D eigenvalue weighted by Crippen LogP contribution is -2.35. The number of rotatable bonds is 8. The first-order chi connectivity index (χ1) is 13.2. The van der Waals surface area contributed by atoms with Crippen LogP contribution in [0.3, 0.4) is 0 Å². The number of benzene rings is 1. The van der Waals surface area contributed by atoms with Gasteiger partial charge in [0, 0.05) is 31.9 Å². The second-order valence-corrected chi connectivity index (χ2v) is 7.33. The number of anilines is 2. The smallest absolute Gasteiger partial charge is 0.147 e. The molecule has 0 aliphatic carbocycles. The molecular formula is C22H32N4O. The standard InChI is InChI=1S/C22H32N4O/c1-3-4-9-24-21-15-20(17(2)25-22(21)23)14-18-5-7-19(8-6-18)16-26-10-12-27-13-11-26/h5-8,15,24H,3-4,9-14,16H2,1-2H3,(H2,23,25). The van der Waals surface area contributed by atoms with E-state index in [1.165, 1.54) is 16.7 Å². The molecule has 3 rings (SSSR count). The first-order valence-corrected chi connectivity index (χ1v) is 10.0. The van der Waals surface area contributed by atoms with Crippen molar-refractivity contribution in [3.63, 3.8) is 0 Å². The van der Waals surface area contributed by atoms with E-state index in [1.54, 1.807) is 0 Å². The Morgan fingerprint density at radius 1 is 1.15 bits per heavy atom. The van der Waals surface area contributed by atoms with Crippen molar-refractivity contribution in [2.45, 2.75) is 39.7 Å². The Hall–Kier alpha value is -2.11. The van der Waals surface area contributed by atoms with Crippen LogP contribution in [0.5, 0.6) is 0 Å². The Balaban J connectivity index is 1.64. The van der Waals surface area contributed by atoms with Crippen molar-refractivity contribution in [2.24, 2.45) is 0 Å². The van der Waals surface area contributed by atoms with Crippen LogP contribution >= 0.6 is 0 Å². The molecule has 0 bridgehead atoms. The molecule has 0 radical (unpaired) electrons.